The van der Waals surface area contributed by atoms with Gasteiger partial charge in [0, 0.05) is 22.3 Å². The fraction of sp³-hybridized carbons (Fsp3) is 0.306. The topological polar surface area (TPSA) is 389 Å². The normalized spacial score (nSPS) is 19.0. The largest absolute Gasteiger partial charge is 0.479 e. The van der Waals surface area contributed by atoms with Crippen LogP contribution in [0.15, 0.2) is 134 Å². The molecule has 0 aromatic heterocycles. The van der Waals surface area contributed by atoms with Gasteiger partial charge in [-0.3, -0.25) is 4.79 Å². The van der Waals surface area contributed by atoms with Gasteiger partial charge in [0.25, 0.3) is 11.4 Å². The number of hydrogen-bond donors (Lipinski definition) is 7. The van der Waals surface area contributed by atoms with Crippen molar-refractivity contribution in [2.75, 3.05) is 36.0 Å². The van der Waals surface area contributed by atoms with E-state index in [1.54, 1.807) is 12.1 Å². The van der Waals surface area contributed by atoms with Gasteiger partial charge in [0.2, 0.25) is 18.3 Å². The lowest BCUT2D eigenvalue weighted by molar-refractivity contribution is -0.742. The number of carbonyl (C=O) groups excluding carboxylic acids is 4. The molecule has 4 aromatic rings. The van der Waals surface area contributed by atoms with Gasteiger partial charge in [-0.25, -0.2) is 33.6 Å². The predicted octanol–water partition coefficient (Wildman–Crippen LogP) is 6.41. The summed E-state index contributed by atoms with van der Waals surface area (Å²) in [5, 5.41) is 60.5. The molecule has 30 heteroatoms. The molecule has 4 aliphatic heterocycles. The van der Waals surface area contributed by atoms with Crippen LogP contribution in [0.25, 0.3) is 0 Å². The quantitative estimate of drug-likeness (QED) is 0.00981. The standard InChI is InChI=1S/2C10H9ClO3.C10H8O3.C7H6O.2C3H5ClO3.C3H5ClO.C2H2O4.CH4.HNO3/c2*11-6-8-9(12)14-10(13-8)7-4-2-1-3-5-7;1-7-9(11)13-10(12-7)8-5-3-2-4-6-8;8-6-7-4-2-1-3-5-7;2*4-1-2(5)3(6)7;4-1-3-2-5-3;3-1(4)2(5)6;;2-1(3)4/h2*1-5,8,10H,6H2;2-6,10H,1H2;1-6H;2*2,5H,1H2,(H,6,7);3H,1-2H2;(H,3,4)(H,5,6);1H4;(H,2,3,4). The Morgan fingerprint density at radius 2 is 0.911 bits per heavy atom. The van der Waals surface area contributed by atoms with Crippen LogP contribution in [0.4, 0.5) is 0 Å². The Labute approximate surface area is 475 Å². The number of rotatable bonds is 11. The molecule has 0 amide bonds. The molecule has 0 saturated carbocycles. The van der Waals surface area contributed by atoms with Crippen LogP contribution in [0.1, 0.15) is 53.3 Å². The third-order valence-electron chi connectivity index (χ3n) is 8.29. The van der Waals surface area contributed by atoms with Crippen molar-refractivity contribution < 1.29 is 112 Å². The number of hydrogen-bond acceptors (Lipinski definition) is 19. The van der Waals surface area contributed by atoms with Crippen molar-refractivity contribution in [1.82, 2.24) is 0 Å². The maximum atomic E-state index is 11.2. The zero-order chi connectivity index (χ0) is 59.2. The summed E-state index contributed by atoms with van der Waals surface area (Å²) < 4.78 is 35.3. The van der Waals surface area contributed by atoms with Crippen LogP contribution in [0, 0.1) is 10.1 Å². The lowest BCUT2D eigenvalue weighted by Gasteiger charge is -2.08. The molecule has 0 aliphatic carbocycles. The van der Waals surface area contributed by atoms with Gasteiger partial charge in [-0.1, -0.05) is 129 Å². The van der Waals surface area contributed by atoms with Gasteiger partial charge in [0.1, 0.15) is 6.29 Å². The first-order chi connectivity index (χ1) is 37.0. The summed E-state index contributed by atoms with van der Waals surface area (Å²) in [5.41, 5.74) is 3.20. The van der Waals surface area contributed by atoms with Crippen LogP contribution in [-0.2, 0) is 66.7 Å². The van der Waals surface area contributed by atoms with Crippen molar-refractivity contribution in [3.8, 4) is 0 Å². The van der Waals surface area contributed by atoms with E-state index in [1.807, 2.05) is 109 Å². The van der Waals surface area contributed by atoms with Gasteiger partial charge in [-0.05, 0) is 6.58 Å². The highest BCUT2D eigenvalue weighted by molar-refractivity contribution is 6.27. The molecule has 4 aliphatic rings. The number of nitrogens with zero attached hydrogens (tertiary/aromatic N) is 1. The van der Waals surface area contributed by atoms with E-state index < -0.39 is 90.2 Å². The van der Waals surface area contributed by atoms with E-state index in [0.717, 1.165) is 35.1 Å². The molecule has 434 valence electrons. The van der Waals surface area contributed by atoms with Crippen molar-refractivity contribution in [3.63, 3.8) is 0 Å². The average Bonchev–Trinajstić information content (AvgIpc) is 3.98. The summed E-state index contributed by atoms with van der Waals surface area (Å²) >= 11 is 26.2. The number of carboxylic acid groups (broad SMARTS) is 4. The van der Waals surface area contributed by atoms with Crippen molar-refractivity contribution in [3.05, 3.63) is 166 Å². The van der Waals surface area contributed by atoms with Crippen molar-refractivity contribution in [2.45, 2.75) is 56.8 Å². The Morgan fingerprint density at radius 1 is 0.595 bits per heavy atom. The molecule has 4 saturated heterocycles. The van der Waals surface area contributed by atoms with Crippen LogP contribution in [-0.4, -0.2) is 156 Å². The molecular formula is C49H54Cl5NO24. The molecule has 0 bridgehead atoms. The first kappa shape index (κ1) is 73.9. The number of benzene rings is 4. The van der Waals surface area contributed by atoms with Crippen molar-refractivity contribution >= 4 is 106 Å². The number of ether oxygens (including phenoxy) is 7. The van der Waals surface area contributed by atoms with Crippen molar-refractivity contribution in [2.24, 2.45) is 0 Å². The van der Waals surface area contributed by atoms with Gasteiger partial charge < -0.3 is 69.0 Å². The van der Waals surface area contributed by atoms with Crippen LogP contribution >= 0.6 is 58.0 Å². The number of carbonyl (C=O) groups is 8. The zero-order valence-corrected chi connectivity index (χ0v) is 43.9. The Hall–Kier alpha value is -7.17. The molecular weight excluding hydrogens is 1160 g/mol. The Morgan fingerprint density at radius 3 is 1.09 bits per heavy atom. The highest BCUT2D eigenvalue weighted by Gasteiger charge is 2.36. The fourth-order valence-electron chi connectivity index (χ4n) is 4.47. The third kappa shape index (κ3) is 33.7. The molecule has 4 aromatic carbocycles. The van der Waals surface area contributed by atoms with Crippen LogP contribution in [0.5, 0.6) is 0 Å². The highest BCUT2D eigenvalue weighted by atomic mass is 35.5. The number of cyclic esters (lactones) is 3. The minimum absolute atomic E-state index is 0. The maximum Gasteiger partial charge on any atom is 0.414 e. The number of carboxylic acids is 4. The first-order valence-electron chi connectivity index (χ1n) is 21.5. The van der Waals surface area contributed by atoms with E-state index in [2.05, 4.69) is 6.58 Å². The van der Waals surface area contributed by atoms with Gasteiger partial charge in [0.15, 0.2) is 24.4 Å². The molecule has 7 N–H and O–H groups in total. The monoisotopic (exact) mass is 1220 g/mol. The molecule has 79 heavy (non-hydrogen) atoms. The number of aliphatic hydroxyl groups is 2. The smallest absolute Gasteiger partial charge is 0.414 e. The second-order valence-electron chi connectivity index (χ2n) is 14.1. The number of esters is 3. The number of aliphatic hydroxyl groups excluding tert-OH is 2. The molecule has 4 fully saturated rings. The molecule has 25 nitrogen and oxygen atoms in total. The fourth-order valence-corrected chi connectivity index (χ4v) is 5.31. The van der Waals surface area contributed by atoms with Gasteiger partial charge in [-0.2, -0.15) is 0 Å². The number of aliphatic carboxylic acids is 4. The molecule has 4 heterocycles. The van der Waals surface area contributed by atoms with E-state index in [1.165, 1.54) is 0 Å². The summed E-state index contributed by atoms with van der Waals surface area (Å²) in [6.07, 6.45) is -4.70. The van der Waals surface area contributed by atoms with E-state index in [4.69, 9.17) is 147 Å². The molecule has 8 rings (SSSR count). The Kier molecular flexibility index (Phi) is 40.0. The van der Waals surface area contributed by atoms with E-state index >= 15 is 0 Å². The second kappa shape index (κ2) is 42.8. The van der Waals surface area contributed by atoms with Crippen LogP contribution < -0.4 is 0 Å². The highest BCUT2D eigenvalue weighted by Crippen LogP contribution is 2.30. The summed E-state index contributed by atoms with van der Waals surface area (Å²) in [6.45, 7) is 4.29. The SMILES string of the molecule is C.C=C1OC(c2ccccc2)OC1=O.ClCC1CO1.O=C(O)C(=O)O.O=C(O)C(O)CCl.O=C(O)C(O)CCl.O=C1OC(c2ccccc2)OC1CCl.O=C1OC(c2ccccc2)OC1CCl.O=Cc1ccccc1.O=[N+]([O-])O. The van der Waals surface area contributed by atoms with Crippen LogP contribution in [0.3, 0.4) is 0 Å². The number of epoxide rings is 1. The van der Waals surface area contributed by atoms with Crippen molar-refractivity contribution in [1.29, 1.82) is 0 Å². The lowest BCUT2D eigenvalue weighted by Crippen LogP contribution is -2.20. The summed E-state index contributed by atoms with van der Waals surface area (Å²) in [6, 6.07) is 36.9. The summed E-state index contributed by atoms with van der Waals surface area (Å²) in [5.74, 6) is -7.02. The maximum absolute atomic E-state index is 11.2. The number of aldehydes is 1. The van der Waals surface area contributed by atoms with Gasteiger partial charge in [-0.15, -0.1) is 68.1 Å². The van der Waals surface area contributed by atoms with E-state index in [9.17, 15) is 28.8 Å². The number of alkyl halides is 5. The molecule has 0 spiro atoms. The number of halogens is 5. The molecule has 8 atom stereocenters. The van der Waals surface area contributed by atoms with E-state index in [0.29, 0.717) is 12.0 Å². The molecule has 0 radical (unpaired) electrons. The van der Waals surface area contributed by atoms with Gasteiger partial charge >= 0.3 is 41.8 Å². The Balaban J connectivity index is 0. The summed E-state index contributed by atoms with van der Waals surface area (Å²) in [7, 11) is 0. The Bertz CT molecular complexity index is 2330. The zero-order valence-electron chi connectivity index (χ0n) is 40.1. The van der Waals surface area contributed by atoms with E-state index in [-0.39, 0.29) is 36.7 Å². The minimum Gasteiger partial charge on any atom is -0.479 e. The minimum atomic E-state index is -1.82. The average molecular weight is 1220 g/mol. The lowest BCUT2D eigenvalue weighted by atomic mass is 10.2. The predicted molar refractivity (Wildman–Crippen MR) is 279 cm³/mol. The molecule has 8 unspecified atom stereocenters. The van der Waals surface area contributed by atoms with Crippen LogP contribution in [0.2, 0.25) is 0 Å². The van der Waals surface area contributed by atoms with Gasteiger partial charge in [0.05, 0.1) is 42.1 Å². The second-order valence-corrected chi connectivity index (χ2v) is 15.7. The summed E-state index contributed by atoms with van der Waals surface area (Å²) in [4.78, 5) is 89.0. The first-order valence-corrected chi connectivity index (χ1v) is 24.1. The third-order valence-corrected chi connectivity index (χ3v) is 9.78.